The van der Waals surface area contributed by atoms with E-state index < -0.39 is 10.8 Å². The summed E-state index contributed by atoms with van der Waals surface area (Å²) >= 11 is 0. The molecule has 0 saturated carbocycles. The summed E-state index contributed by atoms with van der Waals surface area (Å²) in [5.74, 6) is 0.614. The Labute approximate surface area is 348 Å². The lowest BCUT2D eigenvalue weighted by molar-refractivity contribution is 0.444. The third-order valence-corrected chi connectivity index (χ3v) is 12.9. The molecular weight excluding hydrogens is 737 g/mol. The van der Waals surface area contributed by atoms with Crippen molar-refractivity contribution < 1.29 is 20.4 Å². The zero-order valence-corrected chi connectivity index (χ0v) is 33.3. The van der Waals surface area contributed by atoms with Gasteiger partial charge in [-0.3, -0.25) is 0 Å². The summed E-state index contributed by atoms with van der Waals surface area (Å²) in [5.41, 5.74) is 4.72. The minimum atomic E-state index is -0.971. The van der Waals surface area contributed by atoms with E-state index in [4.69, 9.17) is 0 Å². The SMILES string of the molecule is CC(c1ccc(-c2ccc(C(C)(c3c(O)ccc4ccccc34)c3c(O)ccc4ccccc34)cc2)cc1)(c1c(O)ccc2ccccc12)c1c(O)ccc2ccccc12. The molecule has 4 nitrogen and oxygen atoms in total. The first-order valence-electron chi connectivity index (χ1n) is 20.2. The summed E-state index contributed by atoms with van der Waals surface area (Å²) in [4.78, 5) is 0. The Morgan fingerprint density at radius 1 is 0.267 bits per heavy atom. The van der Waals surface area contributed by atoms with Gasteiger partial charge in [-0.1, -0.05) is 170 Å². The van der Waals surface area contributed by atoms with Crippen LogP contribution >= 0.6 is 0 Å². The standard InChI is InChI=1S/C56H42O4/c1-55(51-43-15-7-3-11-37(43)23-31-47(51)57,52-44-16-8-4-12-38(44)24-32-48(52)58)41-27-19-35(20-28-41)36-21-29-42(30-22-36)56(2,53-45-17-9-5-13-39(45)25-33-49(53)59)54-46-18-10-6-14-40(46)26-34-50(54)60/h3-34,57-60H,1-2H3. The zero-order valence-electron chi connectivity index (χ0n) is 33.3. The minimum absolute atomic E-state index is 0.153. The molecule has 0 aliphatic carbocycles. The summed E-state index contributed by atoms with van der Waals surface area (Å²) in [6.07, 6.45) is 0. The van der Waals surface area contributed by atoms with Crippen molar-refractivity contribution in [3.8, 4) is 34.1 Å². The van der Waals surface area contributed by atoms with Gasteiger partial charge in [0.15, 0.2) is 0 Å². The van der Waals surface area contributed by atoms with Crippen LogP contribution in [0.1, 0.15) is 47.2 Å². The first-order valence-corrected chi connectivity index (χ1v) is 20.2. The van der Waals surface area contributed by atoms with E-state index in [2.05, 4.69) is 62.4 Å². The number of phenolic OH excluding ortho intramolecular Hbond substituents is 4. The van der Waals surface area contributed by atoms with E-state index in [1.165, 1.54) is 0 Å². The topological polar surface area (TPSA) is 80.9 Å². The maximum atomic E-state index is 11.8. The number of benzene rings is 10. The van der Waals surface area contributed by atoms with Gasteiger partial charge in [-0.15, -0.1) is 0 Å². The van der Waals surface area contributed by atoms with Crippen LogP contribution in [0.15, 0.2) is 194 Å². The van der Waals surface area contributed by atoms with Gasteiger partial charge < -0.3 is 20.4 Å². The van der Waals surface area contributed by atoms with Gasteiger partial charge in [0, 0.05) is 22.3 Å². The van der Waals surface area contributed by atoms with E-state index in [0.29, 0.717) is 0 Å². The monoisotopic (exact) mass is 778 g/mol. The highest BCUT2D eigenvalue weighted by Crippen LogP contribution is 2.53. The molecule has 0 radical (unpaired) electrons. The van der Waals surface area contributed by atoms with Crippen LogP contribution in [0, 0.1) is 0 Å². The smallest absolute Gasteiger partial charge is 0.120 e. The fourth-order valence-corrected chi connectivity index (χ4v) is 9.96. The highest BCUT2D eigenvalue weighted by molar-refractivity contribution is 5.97. The normalized spacial score (nSPS) is 12.1. The number of phenols is 4. The van der Waals surface area contributed by atoms with Crippen LogP contribution in [0.4, 0.5) is 0 Å². The lowest BCUT2D eigenvalue weighted by Gasteiger charge is -2.35. The fraction of sp³-hybridized carbons (Fsp3) is 0.0714. The Kier molecular flexibility index (Phi) is 8.62. The minimum Gasteiger partial charge on any atom is -0.508 e. The third kappa shape index (κ3) is 5.60. The molecule has 4 N–H and O–H groups in total. The Hall–Kier alpha value is -7.56. The summed E-state index contributed by atoms with van der Waals surface area (Å²) in [6.45, 7) is 4.18. The lowest BCUT2D eigenvalue weighted by Crippen LogP contribution is -2.26. The van der Waals surface area contributed by atoms with Crippen molar-refractivity contribution in [1.29, 1.82) is 0 Å². The molecule has 0 unspecified atom stereocenters. The summed E-state index contributed by atoms with van der Waals surface area (Å²) in [7, 11) is 0. The average Bonchev–Trinajstić information content (AvgIpc) is 3.28. The van der Waals surface area contributed by atoms with Crippen LogP contribution < -0.4 is 0 Å². The Morgan fingerprint density at radius 3 is 0.750 bits per heavy atom. The molecule has 0 bridgehead atoms. The van der Waals surface area contributed by atoms with Crippen LogP contribution in [0.5, 0.6) is 23.0 Å². The van der Waals surface area contributed by atoms with E-state index in [1.54, 1.807) is 24.3 Å². The Morgan fingerprint density at radius 2 is 0.500 bits per heavy atom. The predicted octanol–water partition coefficient (Wildman–Crippen LogP) is 13.5. The molecule has 0 aliphatic heterocycles. The second-order valence-corrected chi connectivity index (χ2v) is 16.1. The molecule has 0 saturated heterocycles. The molecule has 10 rings (SSSR count). The van der Waals surface area contributed by atoms with Gasteiger partial charge in [-0.25, -0.2) is 0 Å². The van der Waals surface area contributed by atoms with Crippen molar-refractivity contribution in [3.63, 3.8) is 0 Å². The molecule has 10 aromatic rings. The van der Waals surface area contributed by atoms with E-state index >= 15 is 0 Å². The number of hydrogen-bond acceptors (Lipinski definition) is 4. The molecule has 0 atom stereocenters. The molecule has 0 amide bonds. The molecule has 10 aromatic carbocycles. The number of hydrogen-bond donors (Lipinski definition) is 4. The van der Waals surface area contributed by atoms with E-state index in [-0.39, 0.29) is 23.0 Å². The number of aromatic hydroxyl groups is 4. The van der Waals surface area contributed by atoms with Gasteiger partial charge in [0.2, 0.25) is 0 Å². The maximum absolute atomic E-state index is 11.8. The highest BCUT2D eigenvalue weighted by atomic mass is 16.3. The lowest BCUT2D eigenvalue weighted by atomic mass is 9.67. The first kappa shape index (κ1) is 36.8. The fourth-order valence-electron chi connectivity index (χ4n) is 9.96. The van der Waals surface area contributed by atoms with Crippen LogP contribution in [0.25, 0.3) is 54.2 Å². The largest absolute Gasteiger partial charge is 0.508 e. The summed E-state index contributed by atoms with van der Waals surface area (Å²) in [5, 5.41) is 54.6. The number of fused-ring (bicyclic) bond motifs is 4. The van der Waals surface area contributed by atoms with Crippen molar-refractivity contribution in [2.24, 2.45) is 0 Å². The summed E-state index contributed by atoms with van der Waals surface area (Å²) in [6, 6.07) is 63.7. The first-order chi connectivity index (χ1) is 29.2. The molecule has 0 heterocycles. The van der Waals surface area contributed by atoms with E-state index in [0.717, 1.165) is 87.6 Å². The van der Waals surface area contributed by atoms with Gasteiger partial charge in [0.1, 0.15) is 23.0 Å². The van der Waals surface area contributed by atoms with Crippen molar-refractivity contribution in [3.05, 3.63) is 228 Å². The molecule has 0 aromatic heterocycles. The van der Waals surface area contributed by atoms with Crippen LogP contribution in [0.2, 0.25) is 0 Å². The van der Waals surface area contributed by atoms with Gasteiger partial charge in [-0.2, -0.15) is 0 Å². The average molecular weight is 779 g/mol. The molecule has 290 valence electrons. The predicted molar refractivity (Wildman–Crippen MR) is 245 cm³/mol. The van der Waals surface area contributed by atoms with Crippen molar-refractivity contribution in [2.45, 2.75) is 24.7 Å². The molecule has 0 fully saturated rings. The second kappa shape index (κ2) is 14.1. The zero-order chi connectivity index (χ0) is 41.2. The van der Waals surface area contributed by atoms with E-state index in [1.807, 2.05) is 121 Å². The third-order valence-electron chi connectivity index (χ3n) is 12.9. The van der Waals surface area contributed by atoms with E-state index in [9.17, 15) is 20.4 Å². The molecule has 0 spiro atoms. The maximum Gasteiger partial charge on any atom is 0.120 e. The van der Waals surface area contributed by atoms with Gasteiger partial charge in [0.05, 0.1) is 10.8 Å². The van der Waals surface area contributed by atoms with Crippen LogP contribution in [-0.2, 0) is 10.8 Å². The molecule has 0 aliphatic rings. The Balaban J connectivity index is 1.14. The summed E-state index contributed by atoms with van der Waals surface area (Å²) < 4.78 is 0. The van der Waals surface area contributed by atoms with Crippen LogP contribution in [-0.4, -0.2) is 20.4 Å². The van der Waals surface area contributed by atoms with Crippen molar-refractivity contribution >= 4 is 43.1 Å². The molecule has 60 heavy (non-hydrogen) atoms. The van der Waals surface area contributed by atoms with Crippen LogP contribution in [0.3, 0.4) is 0 Å². The highest BCUT2D eigenvalue weighted by Gasteiger charge is 2.40. The second-order valence-electron chi connectivity index (χ2n) is 16.1. The number of rotatable bonds is 7. The Bertz CT molecular complexity index is 2880. The quantitative estimate of drug-likeness (QED) is 0.121. The van der Waals surface area contributed by atoms with Gasteiger partial charge >= 0.3 is 0 Å². The van der Waals surface area contributed by atoms with Crippen molar-refractivity contribution in [2.75, 3.05) is 0 Å². The molecular formula is C56H42O4. The van der Waals surface area contributed by atoms with Gasteiger partial charge in [0.25, 0.3) is 0 Å². The van der Waals surface area contributed by atoms with Crippen molar-refractivity contribution in [1.82, 2.24) is 0 Å². The van der Waals surface area contributed by atoms with Gasteiger partial charge in [-0.05, 0) is 103 Å². The molecule has 4 heteroatoms.